The Bertz CT molecular complexity index is 1280. The lowest BCUT2D eigenvalue weighted by Crippen LogP contribution is -2.44. The van der Waals surface area contributed by atoms with Crippen molar-refractivity contribution in [1.82, 2.24) is 10.2 Å². The van der Waals surface area contributed by atoms with E-state index in [1.54, 1.807) is 30.3 Å². The van der Waals surface area contributed by atoms with Crippen LogP contribution in [0.3, 0.4) is 0 Å². The molecule has 0 saturated carbocycles. The Morgan fingerprint density at radius 3 is 2.94 bits per heavy atom. The lowest BCUT2D eigenvalue weighted by molar-refractivity contribution is -0.110. The molecule has 1 saturated heterocycles. The number of hydrogen-bond acceptors (Lipinski definition) is 4. The van der Waals surface area contributed by atoms with Gasteiger partial charge in [-0.25, -0.2) is 0 Å². The molecule has 2 amide bonds. The van der Waals surface area contributed by atoms with Gasteiger partial charge < -0.3 is 20.0 Å². The van der Waals surface area contributed by atoms with Gasteiger partial charge in [-0.1, -0.05) is 30.2 Å². The average molecular weight is 476 g/mol. The molecule has 2 N–H and O–H groups in total. The second kappa shape index (κ2) is 9.49. The quantitative estimate of drug-likeness (QED) is 0.490. The minimum Gasteiger partial charge on any atom is -0.457 e. The molecule has 2 aliphatic heterocycles. The van der Waals surface area contributed by atoms with E-state index in [2.05, 4.69) is 22.6 Å². The number of fused-ring (bicyclic) bond motifs is 1. The third-order valence-corrected chi connectivity index (χ3v) is 6.74. The lowest BCUT2D eigenvalue weighted by atomic mass is 10.0. The van der Waals surface area contributed by atoms with Crippen molar-refractivity contribution in [3.63, 3.8) is 0 Å². The summed E-state index contributed by atoms with van der Waals surface area (Å²) in [5.74, 6) is 0.879. The van der Waals surface area contributed by atoms with Crippen molar-refractivity contribution >= 4 is 40.8 Å². The van der Waals surface area contributed by atoms with Crippen LogP contribution in [0.5, 0.6) is 0 Å². The van der Waals surface area contributed by atoms with E-state index in [-0.39, 0.29) is 11.8 Å². The smallest absolute Gasteiger partial charge is 0.256 e. The molecule has 0 bridgehead atoms. The first-order chi connectivity index (χ1) is 16.5. The third-order valence-electron chi connectivity index (χ3n) is 6.51. The van der Waals surface area contributed by atoms with Gasteiger partial charge in [0.15, 0.2) is 0 Å². The van der Waals surface area contributed by atoms with E-state index in [4.69, 9.17) is 16.0 Å². The summed E-state index contributed by atoms with van der Waals surface area (Å²) in [6.45, 7) is 1.72. The van der Waals surface area contributed by atoms with E-state index < -0.39 is 0 Å². The highest BCUT2D eigenvalue weighted by atomic mass is 35.5. The van der Waals surface area contributed by atoms with Gasteiger partial charge in [-0.15, -0.1) is 0 Å². The Hall–Kier alpha value is -3.35. The maximum absolute atomic E-state index is 12.8. The number of piperidine rings is 1. The van der Waals surface area contributed by atoms with E-state index in [1.165, 1.54) is 12.8 Å². The van der Waals surface area contributed by atoms with Gasteiger partial charge in [0.25, 0.3) is 11.8 Å². The van der Waals surface area contributed by atoms with Crippen molar-refractivity contribution < 1.29 is 14.0 Å². The van der Waals surface area contributed by atoms with E-state index in [1.807, 2.05) is 30.3 Å². The maximum atomic E-state index is 12.8. The zero-order chi connectivity index (χ0) is 23.7. The normalized spacial score (nSPS) is 19.2. The number of likely N-dealkylation sites (tertiary alicyclic amines) is 1. The molecule has 1 aromatic heterocycles. The van der Waals surface area contributed by atoms with Crippen molar-refractivity contribution in [3.05, 3.63) is 76.5 Å². The molecular formula is C27H26ClN3O3. The fraction of sp³-hybridized carbons (Fsp3) is 0.259. The number of halogens is 1. The minimum absolute atomic E-state index is 0.0918. The van der Waals surface area contributed by atoms with Crippen molar-refractivity contribution in [2.45, 2.75) is 25.3 Å². The van der Waals surface area contributed by atoms with E-state index in [0.717, 1.165) is 29.8 Å². The standard InChI is InChI=1S/C27H26ClN3O3/c1-31-12-3-2-7-20(31)16-29-26(32)18-6-4-5-17(13-18)25-11-9-21(34-25)15-23-22-14-19(28)8-10-24(22)30-27(23)33/h4-6,8-11,13-15,20H,2-3,7,12,16H2,1H3,(H,29,32)(H,30,33). The molecule has 0 radical (unpaired) electrons. The number of hydrogen-bond donors (Lipinski definition) is 2. The fourth-order valence-corrected chi connectivity index (χ4v) is 4.73. The molecule has 2 aliphatic rings. The number of carbonyl (C=O) groups excluding carboxylic acids is 2. The number of furan rings is 1. The summed E-state index contributed by atoms with van der Waals surface area (Å²) in [4.78, 5) is 27.5. The molecule has 34 heavy (non-hydrogen) atoms. The van der Waals surface area contributed by atoms with Gasteiger partial charge in [0.2, 0.25) is 0 Å². The van der Waals surface area contributed by atoms with Crippen LogP contribution >= 0.6 is 11.6 Å². The van der Waals surface area contributed by atoms with E-state index >= 15 is 0 Å². The van der Waals surface area contributed by atoms with Crippen molar-refractivity contribution in [2.24, 2.45) is 0 Å². The van der Waals surface area contributed by atoms with Crippen LogP contribution < -0.4 is 10.6 Å². The number of nitrogens with zero attached hydrogens (tertiary/aromatic N) is 1. The largest absolute Gasteiger partial charge is 0.457 e. The second-order valence-electron chi connectivity index (χ2n) is 8.83. The van der Waals surface area contributed by atoms with E-state index in [0.29, 0.717) is 40.3 Å². The van der Waals surface area contributed by atoms with Crippen LogP contribution in [0.4, 0.5) is 5.69 Å². The highest BCUT2D eigenvalue weighted by Gasteiger charge is 2.25. The Labute approximate surface area is 203 Å². The van der Waals surface area contributed by atoms with Crippen molar-refractivity contribution in [3.8, 4) is 11.3 Å². The van der Waals surface area contributed by atoms with Crippen LogP contribution in [0.15, 0.2) is 59.0 Å². The summed E-state index contributed by atoms with van der Waals surface area (Å²) in [5.41, 5.74) is 3.36. The molecule has 5 rings (SSSR count). The Morgan fingerprint density at radius 2 is 2.09 bits per heavy atom. The second-order valence-corrected chi connectivity index (χ2v) is 9.26. The van der Waals surface area contributed by atoms with Gasteiger partial charge >= 0.3 is 0 Å². The summed E-state index contributed by atoms with van der Waals surface area (Å²) in [6, 6.07) is 16.7. The molecule has 0 aliphatic carbocycles. The van der Waals surface area contributed by atoms with Crippen LogP contribution in [-0.4, -0.2) is 42.9 Å². The summed E-state index contributed by atoms with van der Waals surface area (Å²) < 4.78 is 6.00. The van der Waals surface area contributed by atoms with Crippen LogP contribution in [0, 0.1) is 0 Å². The highest BCUT2D eigenvalue weighted by molar-refractivity contribution is 6.36. The number of nitrogens with one attached hydrogen (secondary N) is 2. The van der Waals surface area contributed by atoms with Crippen molar-refractivity contribution in [1.29, 1.82) is 0 Å². The van der Waals surface area contributed by atoms with Crippen LogP contribution in [0.25, 0.3) is 23.0 Å². The topological polar surface area (TPSA) is 74.6 Å². The molecule has 1 fully saturated rings. The van der Waals surface area contributed by atoms with Gasteiger partial charge in [0.1, 0.15) is 11.5 Å². The Balaban J connectivity index is 1.32. The lowest BCUT2D eigenvalue weighted by Gasteiger charge is -2.32. The number of amides is 2. The predicted octanol–water partition coefficient (Wildman–Crippen LogP) is 5.31. The molecule has 6 nitrogen and oxygen atoms in total. The number of rotatable bonds is 5. The molecule has 1 atom stereocenters. The highest BCUT2D eigenvalue weighted by Crippen LogP contribution is 2.35. The molecule has 2 aromatic carbocycles. The molecule has 7 heteroatoms. The number of anilines is 1. The summed E-state index contributed by atoms with van der Waals surface area (Å²) in [7, 11) is 2.11. The average Bonchev–Trinajstić information content (AvgIpc) is 3.43. The predicted molar refractivity (Wildman–Crippen MR) is 135 cm³/mol. The fourth-order valence-electron chi connectivity index (χ4n) is 4.56. The monoisotopic (exact) mass is 475 g/mol. The van der Waals surface area contributed by atoms with Gasteiger partial charge in [0.05, 0.1) is 5.57 Å². The van der Waals surface area contributed by atoms with Gasteiger partial charge in [0, 0.05) is 40.0 Å². The minimum atomic E-state index is -0.197. The van der Waals surface area contributed by atoms with Gasteiger partial charge in [-0.3, -0.25) is 9.59 Å². The summed E-state index contributed by atoms with van der Waals surface area (Å²) in [5, 5.41) is 6.47. The molecule has 1 unspecified atom stereocenters. The summed E-state index contributed by atoms with van der Waals surface area (Å²) >= 11 is 6.11. The van der Waals surface area contributed by atoms with E-state index in [9.17, 15) is 9.59 Å². The molecule has 3 heterocycles. The molecule has 0 spiro atoms. The van der Waals surface area contributed by atoms with Crippen molar-refractivity contribution in [2.75, 3.05) is 25.5 Å². The van der Waals surface area contributed by atoms with Gasteiger partial charge in [-0.2, -0.15) is 0 Å². The zero-order valence-electron chi connectivity index (χ0n) is 18.9. The Kier molecular flexibility index (Phi) is 6.26. The summed E-state index contributed by atoms with van der Waals surface area (Å²) in [6.07, 6.45) is 5.24. The maximum Gasteiger partial charge on any atom is 0.256 e. The first-order valence-corrected chi connectivity index (χ1v) is 11.9. The molecule has 174 valence electrons. The number of benzene rings is 2. The molecule has 3 aromatic rings. The van der Waals surface area contributed by atoms with Crippen LogP contribution in [0.1, 0.15) is 40.9 Å². The Morgan fingerprint density at radius 1 is 1.21 bits per heavy atom. The van der Waals surface area contributed by atoms with Gasteiger partial charge in [-0.05, 0) is 75.0 Å². The SMILES string of the molecule is CN1CCCCC1CNC(=O)c1cccc(-c2ccc(C=C3C(=O)Nc4ccc(Cl)cc43)o2)c1. The number of likely N-dealkylation sites (N-methyl/N-ethyl adjacent to an activating group) is 1. The van der Waals surface area contributed by atoms with Crippen LogP contribution in [-0.2, 0) is 4.79 Å². The molecular weight excluding hydrogens is 450 g/mol. The first kappa shape index (κ1) is 22.4. The number of carbonyl (C=O) groups is 2. The third kappa shape index (κ3) is 4.65. The zero-order valence-corrected chi connectivity index (χ0v) is 19.7. The van der Waals surface area contributed by atoms with Crippen LogP contribution in [0.2, 0.25) is 5.02 Å². The first-order valence-electron chi connectivity index (χ1n) is 11.5.